The molecule has 2 rings (SSSR count). The highest BCUT2D eigenvalue weighted by Crippen LogP contribution is 2.25. The molecule has 0 aliphatic carbocycles. The molecule has 0 aliphatic heterocycles. The Balaban J connectivity index is 2.36. The first-order valence-corrected chi connectivity index (χ1v) is 9.08. The number of methoxy groups -OCH3 is 1. The normalized spacial score (nSPS) is 11.6. The van der Waals surface area contributed by atoms with Crippen molar-refractivity contribution in [1.29, 1.82) is 0 Å². The van der Waals surface area contributed by atoms with E-state index in [-0.39, 0.29) is 27.6 Å². The molecule has 8 heteroatoms. The summed E-state index contributed by atoms with van der Waals surface area (Å²) in [6, 6.07) is 8.30. The Morgan fingerprint density at radius 1 is 1.28 bits per heavy atom. The van der Waals surface area contributed by atoms with Gasteiger partial charge in [0.1, 0.15) is 5.82 Å². The predicted octanol–water partition coefficient (Wildman–Crippen LogP) is 3.39. The molecule has 0 saturated heterocycles. The summed E-state index contributed by atoms with van der Waals surface area (Å²) in [5.41, 5.74) is 0.729. The van der Waals surface area contributed by atoms with E-state index in [1.54, 1.807) is 6.92 Å². The van der Waals surface area contributed by atoms with Crippen LogP contribution >= 0.6 is 11.6 Å². The fourth-order valence-electron chi connectivity index (χ4n) is 2.34. The smallest absolute Gasteiger partial charge is 0.337 e. The third-order valence-electron chi connectivity index (χ3n) is 3.73. The number of hydrogen-bond acceptors (Lipinski definition) is 4. The number of sulfonamides is 1. The minimum absolute atomic E-state index is 0.0233. The molecule has 25 heavy (non-hydrogen) atoms. The van der Waals surface area contributed by atoms with Crippen LogP contribution in [0.5, 0.6) is 0 Å². The molecule has 0 amide bonds. The SMILES string of the molecule is COC(=O)c1ccc(S(=O)(=O)N(C)Cc2c(F)cccc2Cl)c(C)c1. The number of halogens is 2. The molecule has 0 bridgehead atoms. The number of carbonyl (C=O) groups is 1. The Bertz CT molecular complexity index is 895. The highest BCUT2D eigenvalue weighted by molar-refractivity contribution is 7.89. The van der Waals surface area contributed by atoms with Gasteiger partial charge in [0.25, 0.3) is 0 Å². The van der Waals surface area contributed by atoms with E-state index in [0.29, 0.717) is 5.56 Å². The number of carbonyl (C=O) groups excluding carboxylic acids is 1. The average Bonchev–Trinajstić information content (AvgIpc) is 2.56. The number of esters is 1. The third-order valence-corrected chi connectivity index (χ3v) is 6.04. The summed E-state index contributed by atoms with van der Waals surface area (Å²) < 4.78 is 45.1. The molecule has 2 aromatic carbocycles. The van der Waals surface area contributed by atoms with Gasteiger partial charge in [-0.15, -0.1) is 0 Å². The maximum Gasteiger partial charge on any atom is 0.337 e. The number of hydrogen-bond donors (Lipinski definition) is 0. The molecule has 2 aromatic rings. The molecule has 0 aliphatic rings. The monoisotopic (exact) mass is 385 g/mol. The quantitative estimate of drug-likeness (QED) is 0.740. The third kappa shape index (κ3) is 4.00. The van der Waals surface area contributed by atoms with E-state index in [1.165, 1.54) is 50.6 Å². The second-order valence-electron chi connectivity index (χ2n) is 5.43. The molecule has 5 nitrogen and oxygen atoms in total. The van der Waals surface area contributed by atoms with Crippen LogP contribution < -0.4 is 0 Å². The second-order valence-corrected chi connectivity index (χ2v) is 7.85. The zero-order valence-electron chi connectivity index (χ0n) is 13.9. The molecule has 134 valence electrons. The first-order chi connectivity index (χ1) is 11.7. The van der Waals surface area contributed by atoms with Gasteiger partial charge in [0.2, 0.25) is 10.0 Å². The Morgan fingerprint density at radius 2 is 1.96 bits per heavy atom. The van der Waals surface area contributed by atoms with Crippen molar-refractivity contribution in [2.24, 2.45) is 0 Å². The average molecular weight is 386 g/mol. The lowest BCUT2D eigenvalue weighted by Crippen LogP contribution is -2.27. The van der Waals surface area contributed by atoms with Crippen LogP contribution in [-0.2, 0) is 21.3 Å². The maximum absolute atomic E-state index is 13.9. The molecule has 0 spiro atoms. The molecule has 0 heterocycles. The van der Waals surface area contributed by atoms with Crippen LogP contribution in [-0.4, -0.2) is 32.8 Å². The number of ether oxygens (including phenoxy) is 1. The standard InChI is InChI=1S/C17H17ClFNO4S/c1-11-9-12(17(21)24-3)7-8-16(11)25(22,23)20(2)10-13-14(18)5-4-6-15(13)19/h4-9H,10H2,1-3H3. The van der Waals surface area contributed by atoms with Crippen LogP contribution in [0, 0.1) is 12.7 Å². The van der Waals surface area contributed by atoms with Gasteiger partial charge < -0.3 is 4.74 Å². The van der Waals surface area contributed by atoms with Gasteiger partial charge in [-0.2, -0.15) is 4.31 Å². The number of nitrogens with zero attached hydrogens (tertiary/aromatic N) is 1. The van der Waals surface area contributed by atoms with E-state index in [9.17, 15) is 17.6 Å². The topological polar surface area (TPSA) is 63.7 Å². The zero-order valence-corrected chi connectivity index (χ0v) is 15.5. The summed E-state index contributed by atoms with van der Waals surface area (Å²) in [6.45, 7) is 1.36. The van der Waals surface area contributed by atoms with Crippen molar-refractivity contribution < 1.29 is 22.3 Å². The van der Waals surface area contributed by atoms with Gasteiger partial charge >= 0.3 is 5.97 Å². The molecule has 0 aromatic heterocycles. The fourth-order valence-corrected chi connectivity index (χ4v) is 3.91. The van der Waals surface area contributed by atoms with Gasteiger partial charge in [-0.05, 0) is 42.8 Å². The lowest BCUT2D eigenvalue weighted by atomic mass is 10.1. The lowest BCUT2D eigenvalue weighted by Gasteiger charge is -2.19. The molecule has 0 fully saturated rings. The van der Waals surface area contributed by atoms with E-state index < -0.39 is 21.8 Å². The number of benzene rings is 2. The molecule has 0 radical (unpaired) electrons. The van der Waals surface area contributed by atoms with Crippen molar-refractivity contribution in [3.63, 3.8) is 0 Å². The van der Waals surface area contributed by atoms with Crippen LogP contribution in [0.25, 0.3) is 0 Å². The van der Waals surface area contributed by atoms with Gasteiger partial charge in [-0.1, -0.05) is 17.7 Å². The van der Waals surface area contributed by atoms with E-state index in [4.69, 9.17) is 11.6 Å². The molecule has 0 saturated carbocycles. The van der Waals surface area contributed by atoms with Gasteiger partial charge in [0, 0.05) is 24.2 Å². The molecular weight excluding hydrogens is 369 g/mol. The fraction of sp³-hybridized carbons (Fsp3) is 0.235. The van der Waals surface area contributed by atoms with Crippen molar-refractivity contribution in [2.45, 2.75) is 18.4 Å². The van der Waals surface area contributed by atoms with Crippen LogP contribution in [0.3, 0.4) is 0 Å². The number of aryl methyl sites for hydroxylation is 1. The van der Waals surface area contributed by atoms with E-state index in [0.717, 1.165) is 4.31 Å². The minimum atomic E-state index is -3.89. The van der Waals surface area contributed by atoms with Crippen LogP contribution in [0.2, 0.25) is 5.02 Å². The molecule has 0 atom stereocenters. The molecular formula is C17H17ClFNO4S. The predicted molar refractivity (Wildman–Crippen MR) is 92.6 cm³/mol. The van der Waals surface area contributed by atoms with Gasteiger partial charge in [0.15, 0.2) is 0 Å². The first kappa shape index (κ1) is 19.4. The number of rotatable bonds is 5. The summed E-state index contributed by atoms with van der Waals surface area (Å²) in [5.74, 6) is -1.13. The highest BCUT2D eigenvalue weighted by atomic mass is 35.5. The molecule has 0 N–H and O–H groups in total. The Kier molecular flexibility index (Phi) is 5.82. The van der Waals surface area contributed by atoms with Crippen LogP contribution in [0.4, 0.5) is 4.39 Å². The zero-order chi connectivity index (χ0) is 18.8. The van der Waals surface area contributed by atoms with Crippen molar-refractivity contribution in [1.82, 2.24) is 4.31 Å². The van der Waals surface area contributed by atoms with Gasteiger partial charge in [-0.3, -0.25) is 0 Å². The Labute approximate surface area is 151 Å². The summed E-state index contributed by atoms with van der Waals surface area (Å²) in [7, 11) is -1.31. The largest absolute Gasteiger partial charge is 0.465 e. The van der Waals surface area contributed by atoms with Crippen molar-refractivity contribution in [2.75, 3.05) is 14.2 Å². The van der Waals surface area contributed by atoms with Gasteiger partial charge in [-0.25, -0.2) is 17.6 Å². The maximum atomic E-state index is 13.9. The van der Waals surface area contributed by atoms with E-state index in [1.807, 2.05) is 0 Å². The van der Waals surface area contributed by atoms with E-state index >= 15 is 0 Å². The van der Waals surface area contributed by atoms with Crippen molar-refractivity contribution in [3.8, 4) is 0 Å². The highest BCUT2D eigenvalue weighted by Gasteiger charge is 2.25. The lowest BCUT2D eigenvalue weighted by molar-refractivity contribution is 0.0600. The minimum Gasteiger partial charge on any atom is -0.465 e. The van der Waals surface area contributed by atoms with Crippen molar-refractivity contribution >= 4 is 27.6 Å². The van der Waals surface area contributed by atoms with Crippen LogP contribution in [0.15, 0.2) is 41.3 Å². The summed E-state index contributed by atoms with van der Waals surface area (Å²) >= 11 is 5.96. The summed E-state index contributed by atoms with van der Waals surface area (Å²) in [6.07, 6.45) is 0. The Morgan fingerprint density at radius 3 is 2.52 bits per heavy atom. The first-order valence-electron chi connectivity index (χ1n) is 7.26. The van der Waals surface area contributed by atoms with E-state index in [2.05, 4.69) is 4.74 Å². The Hall–Kier alpha value is -1.96. The van der Waals surface area contributed by atoms with Crippen LogP contribution in [0.1, 0.15) is 21.5 Å². The summed E-state index contributed by atoms with van der Waals surface area (Å²) in [4.78, 5) is 11.6. The van der Waals surface area contributed by atoms with Gasteiger partial charge in [0.05, 0.1) is 17.6 Å². The molecule has 0 unspecified atom stereocenters. The summed E-state index contributed by atoms with van der Waals surface area (Å²) in [5, 5.41) is 0.153. The van der Waals surface area contributed by atoms with Crippen molar-refractivity contribution in [3.05, 3.63) is 63.9 Å². The second kappa shape index (κ2) is 7.51.